The molecule has 0 spiro atoms. The first-order valence-corrected chi connectivity index (χ1v) is 5.32. The Morgan fingerprint density at radius 2 is 1.62 bits per heavy atom. The van der Waals surface area contributed by atoms with Crippen molar-refractivity contribution in [1.82, 2.24) is 0 Å². The van der Waals surface area contributed by atoms with Crippen LogP contribution in [0.3, 0.4) is 0 Å². The molecular weight excluding hydrogens is 212 g/mol. The molecule has 0 aliphatic heterocycles. The van der Waals surface area contributed by atoms with Gasteiger partial charge in [-0.15, -0.1) is 0 Å². The maximum absolute atomic E-state index is 10.3. The van der Waals surface area contributed by atoms with E-state index in [9.17, 15) is 9.59 Å². The molecule has 0 aromatic heterocycles. The van der Waals surface area contributed by atoms with E-state index in [1.165, 1.54) is 13.8 Å². The molecular formula is C11H22O5. The van der Waals surface area contributed by atoms with E-state index in [0.717, 1.165) is 0 Å². The predicted octanol–water partition coefficient (Wildman–Crippen LogP) is 1.54. The molecule has 16 heavy (non-hydrogen) atoms. The number of carbonyl (C=O) groups is 2. The summed E-state index contributed by atoms with van der Waals surface area (Å²) in [5.74, 6) is -0.468. The highest BCUT2D eigenvalue weighted by Crippen LogP contribution is 1.91. The van der Waals surface area contributed by atoms with Gasteiger partial charge in [0.05, 0.1) is 13.2 Å². The van der Waals surface area contributed by atoms with Crippen molar-refractivity contribution in [3.8, 4) is 0 Å². The predicted molar refractivity (Wildman–Crippen MR) is 60.0 cm³/mol. The molecule has 5 nitrogen and oxygen atoms in total. The van der Waals surface area contributed by atoms with E-state index >= 15 is 0 Å². The van der Waals surface area contributed by atoms with Crippen LogP contribution in [0.2, 0.25) is 0 Å². The molecule has 0 saturated heterocycles. The van der Waals surface area contributed by atoms with Crippen molar-refractivity contribution in [2.45, 2.75) is 40.7 Å². The van der Waals surface area contributed by atoms with Crippen molar-refractivity contribution in [2.24, 2.45) is 0 Å². The van der Waals surface area contributed by atoms with E-state index in [1.807, 2.05) is 6.92 Å². The molecule has 0 radical (unpaired) electrons. The van der Waals surface area contributed by atoms with Gasteiger partial charge < -0.3 is 14.2 Å². The molecule has 0 aliphatic rings. The van der Waals surface area contributed by atoms with Crippen LogP contribution in [0.25, 0.3) is 0 Å². The summed E-state index contributed by atoms with van der Waals surface area (Å²) in [6.45, 7) is 9.89. The van der Waals surface area contributed by atoms with Crippen LogP contribution in [-0.4, -0.2) is 37.9 Å². The summed E-state index contributed by atoms with van der Waals surface area (Å²) >= 11 is 0. The van der Waals surface area contributed by atoms with Crippen molar-refractivity contribution in [1.29, 1.82) is 0 Å². The maximum Gasteiger partial charge on any atom is 0.302 e. The third-order valence-corrected chi connectivity index (χ3v) is 1.27. The van der Waals surface area contributed by atoms with Gasteiger partial charge in [0, 0.05) is 20.5 Å². The number of rotatable bonds is 5. The zero-order valence-electron chi connectivity index (χ0n) is 10.7. The highest BCUT2D eigenvalue weighted by molar-refractivity contribution is 5.66. The van der Waals surface area contributed by atoms with Crippen LogP contribution in [0.5, 0.6) is 0 Å². The van der Waals surface area contributed by atoms with Gasteiger partial charge in [-0.1, -0.05) is 0 Å². The smallest absolute Gasteiger partial charge is 0.302 e. The molecule has 0 rings (SSSR count). The first-order valence-electron chi connectivity index (χ1n) is 5.32. The molecule has 0 N–H and O–H groups in total. The average Bonchev–Trinajstić information content (AvgIpc) is 2.14. The minimum absolute atomic E-state index is 0.127. The largest absolute Gasteiger partial charge is 0.466 e. The van der Waals surface area contributed by atoms with Crippen LogP contribution in [0.15, 0.2) is 0 Å². The Bertz CT molecular complexity index is 191. The highest BCUT2D eigenvalue weighted by atomic mass is 16.6. The fourth-order valence-corrected chi connectivity index (χ4v) is 0.804. The third kappa shape index (κ3) is 18.6. The van der Waals surface area contributed by atoms with Crippen molar-refractivity contribution in [2.75, 3.05) is 19.8 Å². The summed E-state index contributed by atoms with van der Waals surface area (Å²) in [6, 6.07) is 0. The molecule has 0 amide bonds. The summed E-state index contributed by atoms with van der Waals surface area (Å²) in [7, 11) is 0. The van der Waals surface area contributed by atoms with E-state index in [4.69, 9.17) is 9.47 Å². The van der Waals surface area contributed by atoms with Gasteiger partial charge in [-0.05, 0) is 20.8 Å². The molecule has 0 fully saturated rings. The molecule has 1 unspecified atom stereocenters. The van der Waals surface area contributed by atoms with Crippen LogP contribution in [0.4, 0.5) is 0 Å². The standard InChI is InChI=1S/C7H14O3.C4H8O2/c1-4-9-5-6(2)10-7(3)8;1-3-6-4(2)5/h6H,4-5H2,1-3H3;3H2,1-2H3. The number of carbonyl (C=O) groups excluding carboxylic acids is 2. The normalized spacial score (nSPS) is 10.8. The second-order valence-corrected chi connectivity index (χ2v) is 3.00. The average molecular weight is 234 g/mol. The molecule has 1 atom stereocenters. The summed E-state index contributed by atoms with van der Waals surface area (Å²) in [5.41, 5.74) is 0. The lowest BCUT2D eigenvalue weighted by Gasteiger charge is -2.10. The molecule has 0 saturated carbocycles. The van der Waals surface area contributed by atoms with Gasteiger partial charge in [0.2, 0.25) is 0 Å². The Balaban J connectivity index is 0. The van der Waals surface area contributed by atoms with Crippen LogP contribution < -0.4 is 0 Å². The van der Waals surface area contributed by atoms with E-state index in [0.29, 0.717) is 19.8 Å². The number of esters is 2. The van der Waals surface area contributed by atoms with Crippen LogP contribution >= 0.6 is 0 Å². The van der Waals surface area contributed by atoms with Gasteiger partial charge in [0.15, 0.2) is 0 Å². The fraction of sp³-hybridized carbons (Fsp3) is 0.818. The Kier molecular flexibility index (Phi) is 12.9. The zero-order valence-corrected chi connectivity index (χ0v) is 10.7. The molecule has 0 heterocycles. The van der Waals surface area contributed by atoms with Gasteiger partial charge in [0.1, 0.15) is 6.10 Å². The van der Waals surface area contributed by atoms with E-state index in [1.54, 1.807) is 13.8 Å². The summed E-state index contributed by atoms with van der Waals surface area (Å²) in [5, 5.41) is 0. The van der Waals surface area contributed by atoms with E-state index in [2.05, 4.69) is 4.74 Å². The number of ether oxygens (including phenoxy) is 3. The Morgan fingerprint density at radius 1 is 1.06 bits per heavy atom. The monoisotopic (exact) mass is 234 g/mol. The van der Waals surface area contributed by atoms with E-state index < -0.39 is 0 Å². The SMILES string of the molecule is CCOC(C)=O.CCOCC(C)OC(C)=O. The molecule has 5 heteroatoms. The van der Waals surface area contributed by atoms with Gasteiger partial charge in [-0.3, -0.25) is 9.59 Å². The number of hydrogen-bond donors (Lipinski definition) is 0. The minimum Gasteiger partial charge on any atom is -0.466 e. The Hall–Kier alpha value is -1.10. The fourth-order valence-electron chi connectivity index (χ4n) is 0.804. The van der Waals surface area contributed by atoms with Crippen LogP contribution in [0.1, 0.15) is 34.6 Å². The van der Waals surface area contributed by atoms with Gasteiger partial charge in [-0.2, -0.15) is 0 Å². The highest BCUT2D eigenvalue weighted by Gasteiger charge is 2.03. The third-order valence-electron chi connectivity index (χ3n) is 1.27. The topological polar surface area (TPSA) is 61.8 Å². The lowest BCUT2D eigenvalue weighted by molar-refractivity contribution is -0.148. The second kappa shape index (κ2) is 12.0. The molecule has 0 aromatic carbocycles. The zero-order chi connectivity index (χ0) is 13.0. The van der Waals surface area contributed by atoms with Gasteiger partial charge >= 0.3 is 11.9 Å². The summed E-state index contributed by atoms with van der Waals surface area (Å²) in [6.07, 6.45) is -0.127. The summed E-state index contributed by atoms with van der Waals surface area (Å²) in [4.78, 5) is 20.2. The first kappa shape index (κ1) is 17.3. The lowest BCUT2D eigenvalue weighted by atomic mass is 10.4. The molecule has 0 bridgehead atoms. The molecule has 0 aliphatic carbocycles. The van der Waals surface area contributed by atoms with Crippen molar-refractivity contribution < 1.29 is 23.8 Å². The second-order valence-electron chi connectivity index (χ2n) is 3.00. The Morgan fingerprint density at radius 3 is 1.88 bits per heavy atom. The summed E-state index contributed by atoms with van der Waals surface area (Å²) < 4.78 is 14.2. The van der Waals surface area contributed by atoms with Crippen LogP contribution in [0, 0.1) is 0 Å². The van der Waals surface area contributed by atoms with Gasteiger partial charge in [-0.25, -0.2) is 0 Å². The van der Waals surface area contributed by atoms with Crippen molar-refractivity contribution in [3.63, 3.8) is 0 Å². The Labute approximate surface area is 97.1 Å². The first-order chi connectivity index (χ1) is 7.43. The molecule has 96 valence electrons. The van der Waals surface area contributed by atoms with Crippen LogP contribution in [-0.2, 0) is 23.8 Å². The number of hydrogen-bond acceptors (Lipinski definition) is 5. The molecule has 0 aromatic rings. The van der Waals surface area contributed by atoms with E-state index in [-0.39, 0.29) is 18.0 Å². The maximum atomic E-state index is 10.3. The lowest BCUT2D eigenvalue weighted by Crippen LogP contribution is -2.18. The van der Waals surface area contributed by atoms with Crippen molar-refractivity contribution >= 4 is 11.9 Å². The van der Waals surface area contributed by atoms with Crippen molar-refractivity contribution in [3.05, 3.63) is 0 Å². The van der Waals surface area contributed by atoms with Gasteiger partial charge in [0.25, 0.3) is 0 Å². The minimum atomic E-state index is -0.257. The quantitative estimate of drug-likeness (QED) is 0.675.